The summed E-state index contributed by atoms with van der Waals surface area (Å²) in [6, 6.07) is 47.6. The Morgan fingerprint density at radius 1 is 0.729 bits per heavy atom. The molecule has 4 nitrogen and oxygen atoms in total. The first-order valence-electron chi connectivity index (χ1n) is 16.9. The van der Waals surface area contributed by atoms with Crippen molar-refractivity contribution in [1.82, 2.24) is 9.88 Å². The Balaban J connectivity index is 1.34. The lowest BCUT2D eigenvalue weighted by Crippen LogP contribution is -2.28. The number of aryl methyl sites for hydroxylation is 1. The summed E-state index contributed by atoms with van der Waals surface area (Å²) >= 11 is 0. The van der Waals surface area contributed by atoms with Gasteiger partial charge in [0.15, 0.2) is 0 Å². The van der Waals surface area contributed by atoms with Gasteiger partial charge in [-0.15, -0.1) is 0 Å². The zero-order valence-electron chi connectivity index (χ0n) is 27.5. The van der Waals surface area contributed by atoms with E-state index < -0.39 is 0 Å². The molecule has 5 aromatic carbocycles. The van der Waals surface area contributed by atoms with E-state index in [0.717, 1.165) is 41.0 Å². The molecular weight excluding hydrogens is 585 g/mol. The highest BCUT2D eigenvalue weighted by Gasteiger charge is 2.33. The number of nitrogens with zero attached hydrogens (tertiary/aromatic N) is 2. The van der Waals surface area contributed by atoms with Crippen LogP contribution in [0.3, 0.4) is 0 Å². The molecule has 1 aliphatic carbocycles. The van der Waals surface area contributed by atoms with Gasteiger partial charge >= 0.3 is 0 Å². The van der Waals surface area contributed by atoms with Crippen LogP contribution in [0, 0.1) is 6.92 Å². The Morgan fingerprint density at radius 3 is 2.08 bits per heavy atom. The van der Waals surface area contributed by atoms with Gasteiger partial charge in [0.1, 0.15) is 5.82 Å². The Hall–Kier alpha value is -5.58. The first-order valence-corrected chi connectivity index (χ1v) is 16.9. The number of benzene rings is 5. The fraction of sp³-hybridized carbons (Fsp3) is 0.136. The van der Waals surface area contributed by atoms with Crippen molar-refractivity contribution < 1.29 is 0 Å². The van der Waals surface area contributed by atoms with Gasteiger partial charge in [0.2, 0.25) is 0 Å². The first-order chi connectivity index (χ1) is 23.6. The largest absolute Gasteiger partial charge is 0.385 e. The van der Waals surface area contributed by atoms with E-state index in [-0.39, 0.29) is 12.1 Å². The molecule has 8 rings (SSSR count). The lowest BCUT2D eigenvalue weighted by atomic mass is 9.93. The molecule has 0 saturated heterocycles. The molecule has 2 heterocycles. The molecule has 0 amide bonds. The van der Waals surface area contributed by atoms with Gasteiger partial charge in [0, 0.05) is 28.4 Å². The van der Waals surface area contributed by atoms with E-state index in [9.17, 15) is 0 Å². The van der Waals surface area contributed by atoms with Crippen LogP contribution in [0.5, 0.6) is 0 Å². The molecule has 2 aliphatic rings. The molecule has 0 fully saturated rings. The van der Waals surface area contributed by atoms with Crippen molar-refractivity contribution in [3.63, 3.8) is 0 Å². The molecule has 0 bridgehead atoms. The summed E-state index contributed by atoms with van der Waals surface area (Å²) in [6.07, 6.45) is 8.82. The zero-order chi connectivity index (χ0) is 32.6. The molecule has 1 aromatic heterocycles. The third-order valence-electron chi connectivity index (χ3n) is 9.73. The van der Waals surface area contributed by atoms with E-state index in [2.05, 4.69) is 180 Å². The smallest absolute Gasteiger partial charge is 0.106 e. The third kappa shape index (κ3) is 5.25. The lowest BCUT2D eigenvalue weighted by Gasteiger charge is -2.29. The van der Waals surface area contributed by atoms with Crippen molar-refractivity contribution in [2.45, 2.75) is 38.8 Å². The Labute approximate surface area is 283 Å². The van der Waals surface area contributed by atoms with Crippen molar-refractivity contribution in [3.8, 4) is 28.1 Å². The van der Waals surface area contributed by atoms with E-state index in [4.69, 9.17) is 5.73 Å². The molecule has 0 radical (unpaired) electrons. The summed E-state index contributed by atoms with van der Waals surface area (Å²) in [5.74, 6) is 0.674. The molecule has 2 unspecified atom stereocenters. The number of aromatic nitrogens is 1. The van der Waals surface area contributed by atoms with Crippen LogP contribution in [0.1, 0.15) is 53.4 Å². The van der Waals surface area contributed by atoms with Crippen LogP contribution in [0.2, 0.25) is 0 Å². The summed E-state index contributed by atoms with van der Waals surface area (Å²) in [5, 5.41) is 3.88. The summed E-state index contributed by atoms with van der Waals surface area (Å²) in [7, 11) is 0. The van der Waals surface area contributed by atoms with Crippen LogP contribution in [-0.4, -0.2) is 4.57 Å². The highest BCUT2D eigenvalue weighted by molar-refractivity contribution is 5.99. The standard InChI is InChI=1S/C44H40N4/c1-30-25-27-34(28-26-30)43-35-19-9-11-21-38(35)48-41-24-14-13-23-40(41)47(39-22-12-10-20-36(39)44(43)48)42(45)29-37(33-17-7-4-8-18-33)46-31(2)32-15-5-3-6-16-32/h3-10,12-20,22-29,31,37,46H,11,21,45H2,1-2H3/b42-29+. The summed E-state index contributed by atoms with van der Waals surface area (Å²) in [5.41, 5.74) is 21.8. The normalized spacial score (nSPS) is 14.7. The number of nitrogens with two attached hydrogens (primary N) is 1. The molecule has 1 aliphatic heterocycles. The molecule has 0 saturated carbocycles. The molecule has 3 N–H and O–H groups in total. The second-order valence-corrected chi connectivity index (χ2v) is 12.8. The van der Waals surface area contributed by atoms with Crippen LogP contribution >= 0.6 is 0 Å². The van der Waals surface area contributed by atoms with Crippen LogP contribution in [0.15, 0.2) is 151 Å². The van der Waals surface area contributed by atoms with Gasteiger partial charge in [0.25, 0.3) is 0 Å². The minimum Gasteiger partial charge on any atom is -0.385 e. The molecule has 4 heteroatoms. The molecule has 236 valence electrons. The number of fused-ring (bicyclic) bond motifs is 7. The highest BCUT2D eigenvalue weighted by atomic mass is 15.2. The number of para-hydroxylation sites is 3. The van der Waals surface area contributed by atoms with E-state index >= 15 is 0 Å². The quantitative estimate of drug-likeness (QED) is 0.186. The van der Waals surface area contributed by atoms with Crippen molar-refractivity contribution >= 4 is 17.5 Å². The minimum atomic E-state index is -0.121. The summed E-state index contributed by atoms with van der Waals surface area (Å²) in [6.45, 7) is 4.36. The van der Waals surface area contributed by atoms with Gasteiger partial charge in [-0.3, -0.25) is 10.2 Å². The van der Waals surface area contributed by atoms with Gasteiger partial charge in [-0.25, -0.2) is 0 Å². The van der Waals surface area contributed by atoms with Crippen LogP contribution in [-0.2, 0) is 6.42 Å². The van der Waals surface area contributed by atoms with E-state index in [0.29, 0.717) is 5.82 Å². The molecule has 2 atom stereocenters. The molecule has 0 spiro atoms. The number of rotatable bonds is 7. The highest BCUT2D eigenvalue weighted by Crippen LogP contribution is 2.51. The van der Waals surface area contributed by atoms with Crippen molar-refractivity contribution in [2.24, 2.45) is 5.73 Å². The second-order valence-electron chi connectivity index (χ2n) is 12.8. The van der Waals surface area contributed by atoms with Gasteiger partial charge < -0.3 is 10.3 Å². The fourth-order valence-corrected chi connectivity index (χ4v) is 7.39. The maximum absolute atomic E-state index is 7.33. The maximum atomic E-state index is 7.33. The lowest BCUT2D eigenvalue weighted by molar-refractivity contribution is 0.524. The van der Waals surface area contributed by atoms with Crippen LogP contribution in [0.25, 0.3) is 34.1 Å². The van der Waals surface area contributed by atoms with E-state index in [1.807, 2.05) is 0 Å². The Bertz CT molecular complexity index is 2140. The molecule has 6 aromatic rings. The monoisotopic (exact) mass is 624 g/mol. The van der Waals surface area contributed by atoms with Crippen molar-refractivity contribution in [2.75, 3.05) is 4.90 Å². The van der Waals surface area contributed by atoms with Crippen molar-refractivity contribution in [3.05, 3.63) is 179 Å². The number of anilines is 2. The van der Waals surface area contributed by atoms with Crippen molar-refractivity contribution in [1.29, 1.82) is 0 Å². The van der Waals surface area contributed by atoms with E-state index in [1.54, 1.807) is 0 Å². The maximum Gasteiger partial charge on any atom is 0.106 e. The van der Waals surface area contributed by atoms with Gasteiger partial charge in [-0.1, -0.05) is 133 Å². The van der Waals surface area contributed by atoms with Gasteiger partial charge in [-0.05, 0) is 67.7 Å². The van der Waals surface area contributed by atoms with Gasteiger partial charge in [-0.2, -0.15) is 0 Å². The third-order valence-corrected chi connectivity index (χ3v) is 9.73. The number of hydrogen-bond donors (Lipinski definition) is 2. The Kier molecular flexibility index (Phi) is 7.79. The first kappa shape index (κ1) is 29.8. The fourth-order valence-electron chi connectivity index (χ4n) is 7.39. The van der Waals surface area contributed by atoms with Gasteiger partial charge in [0.05, 0.1) is 28.8 Å². The second kappa shape index (κ2) is 12.6. The molecule has 48 heavy (non-hydrogen) atoms. The van der Waals surface area contributed by atoms with Crippen LogP contribution in [0.4, 0.5) is 11.4 Å². The topological polar surface area (TPSA) is 46.2 Å². The SMILES string of the molecule is Cc1ccc(-c2c3c(n4c2-c2ccccc2N(/C(N)=C/C(NC(C)c2ccccc2)c2ccccc2)c2ccccc2-4)CCC=C3)cc1. The predicted molar refractivity (Wildman–Crippen MR) is 200 cm³/mol. The van der Waals surface area contributed by atoms with Crippen LogP contribution < -0.4 is 16.0 Å². The average Bonchev–Trinajstić information content (AvgIpc) is 3.41. The van der Waals surface area contributed by atoms with E-state index in [1.165, 1.54) is 39.2 Å². The summed E-state index contributed by atoms with van der Waals surface area (Å²) in [4.78, 5) is 2.26. The number of hydrogen-bond acceptors (Lipinski definition) is 3. The molecular formula is C44H40N4. The Morgan fingerprint density at radius 2 is 1.35 bits per heavy atom. The minimum absolute atomic E-state index is 0.113. The predicted octanol–water partition coefficient (Wildman–Crippen LogP) is 10.4. The number of nitrogens with one attached hydrogen (secondary N) is 1. The average molecular weight is 625 g/mol. The zero-order valence-corrected chi connectivity index (χ0v) is 27.5. The number of allylic oxidation sites excluding steroid dienone is 1. The summed E-state index contributed by atoms with van der Waals surface area (Å²) < 4.78 is 2.51.